The summed E-state index contributed by atoms with van der Waals surface area (Å²) in [5.74, 6) is 0. The normalized spacial score (nSPS) is 11.3. The molecule has 0 N–H and O–H groups in total. The smallest absolute Gasteiger partial charge is 0.0863 e. The number of benzene rings is 1. The van der Waals surface area contributed by atoms with Crippen LogP contribution in [0.2, 0.25) is 0 Å². The summed E-state index contributed by atoms with van der Waals surface area (Å²) in [6.07, 6.45) is 3.96. The van der Waals surface area contributed by atoms with Crippen molar-refractivity contribution in [2.24, 2.45) is 0 Å². The molecule has 0 amide bonds. The first-order valence-electron chi connectivity index (χ1n) is 5.63. The van der Waals surface area contributed by atoms with Crippen molar-refractivity contribution >= 4 is 11.8 Å². The summed E-state index contributed by atoms with van der Waals surface area (Å²) in [5.41, 5.74) is 3.28. The second kappa shape index (κ2) is 5.30. The minimum absolute atomic E-state index is 0.987. The second-order valence-corrected chi connectivity index (χ2v) is 4.05. The maximum Gasteiger partial charge on any atom is 0.0863 e. The number of pyridine rings is 1. The molecule has 0 radical (unpaired) electrons. The predicted octanol–water partition coefficient (Wildman–Crippen LogP) is 3.14. The molecule has 0 bridgehead atoms. The monoisotopic (exact) mass is 224 g/mol. The van der Waals surface area contributed by atoms with Gasteiger partial charge >= 0.3 is 0 Å². The van der Waals surface area contributed by atoms with E-state index in [0.29, 0.717) is 0 Å². The van der Waals surface area contributed by atoms with Crippen LogP contribution in [0.4, 0.5) is 0 Å². The van der Waals surface area contributed by atoms with Crippen molar-refractivity contribution in [2.75, 3.05) is 14.1 Å². The lowest BCUT2D eigenvalue weighted by molar-refractivity contribution is 0.592. The Morgan fingerprint density at radius 1 is 1.00 bits per heavy atom. The van der Waals surface area contributed by atoms with Crippen LogP contribution in [0, 0.1) is 0 Å². The molecule has 0 spiro atoms. The molecule has 17 heavy (non-hydrogen) atoms. The van der Waals surface area contributed by atoms with E-state index < -0.39 is 0 Å². The van der Waals surface area contributed by atoms with Crippen molar-refractivity contribution in [3.8, 4) is 0 Å². The van der Waals surface area contributed by atoms with Gasteiger partial charge in [0.15, 0.2) is 0 Å². The largest absolute Gasteiger partial charge is 0.376 e. The van der Waals surface area contributed by atoms with Gasteiger partial charge in [-0.3, -0.25) is 4.98 Å². The van der Waals surface area contributed by atoms with Crippen LogP contribution in [-0.2, 0) is 0 Å². The highest BCUT2D eigenvalue weighted by Crippen LogP contribution is 2.17. The molecule has 0 aliphatic heterocycles. The molecule has 0 atom stereocenters. The van der Waals surface area contributed by atoms with Gasteiger partial charge in [0.1, 0.15) is 0 Å². The predicted molar refractivity (Wildman–Crippen MR) is 72.2 cm³/mol. The summed E-state index contributed by atoms with van der Waals surface area (Å²) in [6, 6.07) is 16.2. The van der Waals surface area contributed by atoms with E-state index in [2.05, 4.69) is 28.1 Å². The van der Waals surface area contributed by atoms with E-state index in [1.807, 2.05) is 56.7 Å². The molecule has 1 heterocycles. The number of aromatic nitrogens is 1. The Bertz CT molecular complexity index is 487. The van der Waals surface area contributed by atoms with Crippen molar-refractivity contribution in [3.05, 3.63) is 66.0 Å². The Kier molecular flexibility index (Phi) is 3.55. The average molecular weight is 224 g/mol. The molecule has 0 saturated heterocycles. The van der Waals surface area contributed by atoms with Gasteiger partial charge in [-0.05, 0) is 23.8 Å². The third-order valence-electron chi connectivity index (χ3n) is 2.51. The summed E-state index contributed by atoms with van der Waals surface area (Å²) in [4.78, 5) is 6.47. The van der Waals surface area contributed by atoms with Gasteiger partial charge < -0.3 is 4.90 Å². The Hall–Kier alpha value is -2.09. The standard InChI is InChI=1S/C15H16N2/c1-17(2)15(14-10-6-7-11-16-14)12-13-8-4-3-5-9-13/h3-12H,1-2H3. The quantitative estimate of drug-likeness (QED) is 0.796. The van der Waals surface area contributed by atoms with Crippen LogP contribution in [0.25, 0.3) is 11.8 Å². The Labute approximate surface area is 102 Å². The number of nitrogens with zero attached hydrogens (tertiary/aromatic N) is 2. The highest BCUT2D eigenvalue weighted by molar-refractivity contribution is 5.78. The summed E-state index contributed by atoms with van der Waals surface area (Å²) in [6.45, 7) is 0. The Balaban J connectivity index is 2.40. The van der Waals surface area contributed by atoms with Gasteiger partial charge in [0.2, 0.25) is 0 Å². The zero-order chi connectivity index (χ0) is 12.1. The lowest BCUT2D eigenvalue weighted by atomic mass is 10.1. The van der Waals surface area contributed by atoms with Crippen molar-refractivity contribution < 1.29 is 0 Å². The second-order valence-electron chi connectivity index (χ2n) is 4.05. The van der Waals surface area contributed by atoms with E-state index in [9.17, 15) is 0 Å². The topological polar surface area (TPSA) is 16.1 Å². The Morgan fingerprint density at radius 2 is 1.71 bits per heavy atom. The molecular weight excluding hydrogens is 208 g/mol. The SMILES string of the molecule is CN(C)C(=Cc1ccccc1)c1ccccn1. The molecule has 0 aliphatic carbocycles. The van der Waals surface area contributed by atoms with Crippen molar-refractivity contribution in [1.29, 1.82) is 0 Å². The molecule has 0 unspecified atom stereocenters. The number of rotatable bonds is 3. The third kappa shape index (κ3) is 2.94. The first kappa shape index (κ1) is 11.4. The van der Waals surface area contributed by atoms with Gasteiger partial charge in [0.05, 0.1) is 11.4 Å². The van der Waals surface area contributed by atoms with Crippen LogP contribution in [0.15, 0.2) is 54.7 Å². The molecule has 0 aliphatic rings. The van der Waals surface area contributed by atoms with Gasteiger partial charge in [0.25, 0.3) is 0 Å². The molecular formula is C15H16N2. The van der Waals surface area contributed by atoms with Gasteiger partial charge in [-0.25, -0.2) is 0 Å². The highest BCUT2D eigenvalue weighted by atomic mass is 15.1. The van der Waals surface area contributed by atoms with Gasteiger partial charge in [-0.1, -0.05) is 36.4 Å². The number of hydrogen-bond donors (Lipinski definition) is 0. The summed E-state index contributed by atoms with van der Waals surface area (Å²) in [7, 11) is 4.06. The van der Waals surface area contributed by atoms with Gasteiger partial charge in [-0.15, -0.1) is 0 Å². The fourth-order valence-electron chi connectivity index (χ4n) is 1.65. The molecule has 1 aromatic carbocycles. The van der Waals surface area contributed by atoms with Crippen LogP contribution in [-0.4, -0.2) is 24.0 Å². The van der Waals surface area contributed by atoms with E-state index in [1.54, 1.807) is 0 Å². The fourth-order valence-corrected chi connectivity index (χ4v) is 1.65. The average Bonchev–Trinajstić information content (AvgIpc) is 2.38. The van der Waals surface area contributed by atoms with E-state index in [1.165, 1.54) is 5.56 Å². The van der Waals surface area contributed by atoms with E-state index in [-0.39, 0.29) is 0 Å². The van der Waals surface area contributed by atoms with Gasteiger partial charge in [-0.2, -0.15) is 0 Å². The Morgan fingerprint density at radius 3 is 2.29 bits per heavy atom. The lowest BCUT2D eigenvalue weighted by Gasteiger charge is -2.16. The first-order chi connectivity index (χ1) is 8.27. The maximum absolute atomic E-state index is 4.39. The van der Waals surface area contributed by atoms with E-state index >= 15 is 0 Å². The molecule has 2 heteroatoms. The third-order valence-corrected chi connectivity index (χ3v) is 2.51. The highest BCUT2D eigenvalue weighted by Gasteiger charge is 2.04. The van der Waals surface area contributed by atoms with Gasteiger partial charge in [0, 0.05) is 20.3 Å². The maximum atomic E-state index is 4.39. The van der Waals surface area contributed by atoms with Crippen molar-refractivity contribution in [3.63, 3.8) is 0 Å². The molecule has 86 valence electrons. The zero-order valence-electron chi connectivity index (χ0n) is 10.2. The van der Waals surface area contributed by atoms with Crippen LogP contribution >= 0.6 is 0 Å². The molecule has 2 nitrogen and oxygen atoms in total. The molecule has 1 aromatic heterocycles. The summed E-state index contributed by atoms with van der Waals surface area (Å²) in [5, 5.41) is 0. The van der Waals surface area contributed by atoms with Crippen LogP contribution < -0.4 is 0 Å². The van der Waals surface area contributed by atoms with Crippen LogP contribution in [0.5, 0.6) is 0 Å². The molecule has 2 aromatic rings. The molecule has 2 rings (SSSR count). The zero-order valence-corrected chi connectivity index (χ0v) is 10.2. The summed E-state index contributed by atoms with van der Waals surface area (Å²) < 4.78 is 0. The molecule has 0 fully saturated rings. The van der Waals surface area contributed by atoms with E-state index in [4.69, 9.17) is 0 Å². The fraction of sp³-hybridized carbons (Fsp3) is 0.133. The minimum Gasteiger partial charge on any atom is -0.376 e. The molecule has 0 saturated carbocycles. The lowest BCUT2D eigenvalue weighted by Crippen LogP contribution is -2.10. The minimum atomic E-state index is 0.987. The summed E-state index contributed by atoms with van der Waals surface area (Å²) >= 11 is 0. The van der Waals surface area contributed by atoms with Crippen molar-refractivity contribution in [2.45, 2.75) is 0 Å². The number of hydrogen-bond acceptors (Lipinski definition) is 2. The van der Waals surface area contributed by atoms with E-state index in [0.717, 1.165) is 11.4 Å². The van der Waals surface area contributed by atoms with Crippen LogP contribution in [0.3, 0.4) is 0 Å². The van der Waals surface area contributed by atoms with Crippen molar-refractivity contribution in [1.82, 2.24) is 9.88 Å². The first-order valence-corrected chi connectivity index (χ1v) is 5.63. The van der Waals surface area contributed by atoms with Crippen LogP contribution in [0.1, 0.15) is 11.3 Å².